The van der Waals surface area contributed by atoms with Gasteiger partial charge in [0.15, 0.2) is 5.54 Å². The van der Waals surface area contributed by atoms with E-state index in [1.807, 2.05) is 60.7 Å². The third-order valence-corrected chi connectivity index (χ3v) is 6.40. The van der Waals surface area contributed by atoms with Gasteiger partial charge in [-0.05, 0) is 29.7 Å². The van der Waals surface area contributed by atoms with Crippen LogP contribution in [0.25, 0.3) is 0 Å². The maximum Gasteiger partial charge on any atom is 0.325 e. The first-order chi connectivity index (χ1) is 16.5. The van der Waals surface area contributed by atoms with E-state index in [2.05, 4.69) is 5.32 Å². The van der Waals surface area contributed by atoms with E-state index in [4.69, 9.17) is 0 Å². The van der Waals surface area contributed by atoms with Gasteiger partial charge in [0, 0.05) is 19.5 Å². The van der Waals surface area contributed by atoms with Crippen molar-refractivity contribution in [3.05, 3.63) is 107 Å². The molecular weight excluding hydrogens is 430 g/mol. The van der Waals surface area contributed by atoms with Gasteiger partial charge in [-0.1, -0.05) is 72.8 Å². The number of fused-ring (bicyclic) bond motifs is 1. The molecule has 1 unspecified atom stereocenters. The van der Waals surface area contributed by atoms with E-state index >= 15 is 0 Å². The van der Waals surface area contributed by atoms with Gasteiger partial charge >= 0.3 is 6.03 Å². The number of urea groups is 1. The van der Waals surface area contributed by atoms with Gasteiger partial charge in [-0.15, -0.1) is 0 Å². The van der Waals surface area contributed by atoms with Crippen LogP contribution in [-0.2, 0) is 16.8 Å². The Hall–Kier alpha value is -4.26. The molecule has 1 fully saturated rings. The minimum atomic E-state index is -1.21. The van der Waals surface area contributed by atoms with Crippen molar-refractivity contribution in [1.82, 2.24) is 15.1 Å². The summed E-state index contributed by atoms with van der Waals surface area (Å²) in [6.07, 6.45) is 0.609. The second-order valence-electron chi connectivity index (χ2n) is 8.48. The molecule has 0 aromatic heterocycles. The van der Waals surface area contributed by atoms with Crippen LogP contribution in [0.3, 0.4) is 0 Å². The summed E-state index contributed by atoms with van der Waals surface area (Å²) in [7, 11) is 0. The first kappa shape index (κ1) is 21.6. The zero-order valence-corrected chi connectivity index (χ0v) is 18.4. The van der Waals surface area contributed by atoms with Crippen molar-refractivity contribution in [3.8, 4) is 0 Å². The van der Waals surface area contributed by atoms with E-state index in [1.54, 1.807) is 24.3 Å². The summed E-state index contributed by atoms with van der Waals surface area (Å²) in [5.74, 6) is -1.03. The summed E-state index contributed by atoms with van der Waals surface area (Å²) < 4.78 is 0. The number of carbonyl (C=O) groups is 4. The van der Waals surface area contributed by atoms with Crippen LogP contribution in [0.15, 0.2) is 84.9 Å². The molecule has 170 valence electrons. The lowest BCUT2D eigenvalue weighted by molar-refractivity contribution is -0.131. The fraction of sp³-hybridized carbons (Fsp3) is 0.185. The molecule has 0 saturated carbocycles. The Bertz CT molecular complexity index is 1240. The number of hydrogen-bond donors (Lipinski definition) is 1. The van der Waals surface area contributed by atoms with E-state index in [0.717, 1.165) is 5.56 Å². The number of hydrogen-bond acceptors (Lipinski definition) is 4. The molecule has 5 rings (SSSR count). The predicted molar refractivity (Wildman–Crippen MR) is 125 cm³/mol. The van der Waals surface area contributed by atoms with E-state index in [-0.39, 0.29) is 30.8 Å². The normalized spacial score (nSPS) is 19.5. The van der Waals surface area contributed by atoms with Gasteiger partial charge in [-0.25, -0.2) is 4.79 Å². The fourth-order valence-electron chi connectivity index (χ4n) is 4.70. The SMILES string of the molecule is O=C1NC(Cc2ccccc2)(c2ccccc2)C(=O)N1CCCN1C(=O)c2ccccc2C1=O. The maximum atomic E-state index is 13.7. The first-order valence-electron chi connectivity index (χ1n) is 11.2. The van der Waals surface area contributed by atoms with E-state index in [1.165, 1.54) is 9.80 Å². The highest BCUT2D eigenvalue weighted by Gasteiger charge is 2.52. The molecule has 1 saturated heterocycles. The molecule has 3 aromatic carbocycles. The maximum absolute atomic E-state index is 13.7. The molecule has 0 bridgehead atoms. The molecule has 1 atom stereocenters. The largest absolute Gasteiger partial charge is 0.325 e. The second-order valence-corrected chi connectivity index (χ2v) is 8.48. The number of imide groups is 2. The molecule has 7 nitrogen and oxygen atoms in total. The van der Waals surface area contributed by atoms with Gasteiger partial charge in [0.2, 0.25) is 0 Å². The molecule has 0 radical (unpaired) electrons. The fourth-order valence-corrected chi connectivity index (χ4v) is 4.70. The van der Waals surface area contributed by atoms with Crippen LogP contribution in [0.2, 0.25) is 0 Å². The molecule has 5 amide bonds. The van der Waals surface area contributed by atoms with Gasteiger partial charge in [0.1, 0.15) is 0 Å². The van der Waals surface area contributed by atoms with Gasteiger partial charge in [-0.2, -0.15) is 0 Å². The van der Waals surface area contributed by atoms with Crippen molar-refractivity contribution in [2.75, 3.05) is 13.1 Å². The van der Waals surface area contributed by atoms with Crippen molar-refractivity contribution in [3.63, 3.8) is 0 Å². The highest BCUT2D eigenvalue weighted by molar-refractivity contribution is 6.21. The zero-order valence-electron chi connectivity index (χ0n) is 18.4. The van der Waals surface area contributed by atoms with Gasteiger partial charge in [0.25, 0.3) is 17.7 Å². The molecular formula is C27H23N3O4. The lowest BCUT2D eigenvalue weighted by atomic mass is 9.83. The van der Waals surface area contributed by atoms with Crippen LogP contribution in [0.1, 0.15) is 38.3 Å². The number of nitrogens with one attached hydrogen (secondary N) is 1. The standard InChI is InChI=1S/C27H23N3O4/c31-23-21-14-7-8-15-22(21)24(32)29(23)16-9-17-30-25(33)27(28-26(30)34,20-12-5-2-6-13-20)18-19-10-3-1-4-11-19/h1-8,10-15H,9,16-18H2,(H,28,34). The highest BCUT2D eigenvalue weighted by Crippen LogP contribution is 2.33. The molecule has 3 aromatic rings. The molecule has 2 aliphatic heterocycles. The minimum absolute atomic E-state index is 0.0987. The molecule has 34 heavy (non-hydrogen) atoms. The number of carbonyl (C=O) groups excluding carboxylic acids is 4. The van der Waals surface area contributed by atoms with Crippen LogP contribution in [0.5, 0.6) is 0 Å². The van der Waals surface area contributed by atoms with Crippen molar-refractivity contribution in [2.24, 2.45) is 0 Å². The van der Waals surface area contributed by atoms with Gasteiger partial charge in [-0.3, -0.25) is 24.2 Å². The smallest absolute Gasteiger partial charge is 0.319 e. The predicted octanol–water partition coefficient (Wildman–Crippen LogP) is 3.36. The van der Waals surface area contributed by atoms with E-state index in [0.29, 0.717) is 29.5 Å². The van der Waals surface area contributed by atoms with Crippen LogP contribution >= 0.6 is 0 Å². The Morgan fingerprint density at radius 3 is 1.79 bits per heavy atom. The summed E-state index contributed by atoms with van der Waals surface area (Å²) in [6.45, 7) is 0.224. The zero-order chi connectivity index (χ0) is 23.7. The third-order valence-electron chi connectivity index (χ3n) is 6.40. The number of amides is 5. The van der Waals surface area contributed by atoms with Crippen molar-refractivity contribution >= 4 is 23.8 Å². The molecule has 0 spiro atoms. The topological polar surface area (TPSA) is 86.8 Å². The van der Waals surface area contributed by atoms with Crippen LogP contribution < -0.4 is 5.32 Å². The summed E-state index contributed by atoms with van der Waals surface area (Å²) in [4.78, 5) is 54.2. The third kappa shape index (κ3) is 3.55. The Morgan fingerprint density at radius 2 is 1.18 bits per heavy atom. The number of nitrogens with zero attached hydrogens (tertiary/aromatic N) is 2. The van der Waals surface area contributed by atoms with Crippen molar-refractivity contribution in [2.45, 2.75) is 18.4 Å². The van der Waals surface area contributed by atoms with Crippen LogP contribution in [0.4, 0.5) is 4.79 Å². The Kier molecular flexibility index (Phi) is 5.45. The lowest BCUT2D eigenvalue weighted by Crippen LogP contribution is -2.46. The first-order valence-corrected chi connectivity index (χ1v) is 11.2. The number of rotatable bonds is 7. The quantitative estimate of drug-likeness (QED) is 0.439. The molecule has 2 heterocycles. The molecule has 2 aliphatic rings. The van der Waals surface area contributed by atoms with Gasteiger partial charge < -0.3 is 5.32 Å². The lowest BCUT2D eigenvalue weighted by Gasteiger charge is -2.27. The Morgan fingerprint density at radius 1 is 0.647 bits per heavy atom. The number of benzene rings is 3. The molecule has 7 heteroatoms. The Balaban J connectivity index is 1.34. The summed E-state index contributed by atoms with van der Waals surface area (Å²) in [6, 6.07) is 25.0. The average Bonchev–Trinajstić information content (AvgIpc) is 3.25. The van der Waals surface area contributed by atoms with Crippen molar-refractivity contribution in [1.29, 1.82) is 0 Å². The second kappa shape index (κ2) is 8.59. The van der Waals surface area contributed by atoms with E-state index < -0.39 is 11.6 Å². The highest BCUT2D eigenvalue weighted by atomic mass is 16.2. The molecule has 0 aliphatic carbocycles. The summed E-state index contributed by atoms with van der Waals surface area (Å²) in [5, 5.41) is 2.93. The summed E-state index contributed by atoms with van der Waals surface area (Å²) in [5.41, 5.74) is 1.18. The van der Waals surface area contributed by atoms with Crippen LogP contribution in [-0.4, -0.2) is 46.6 Å². The molecule has 1 N–H and O–H groups in total. The van der Waals surface area contributed by atoms with Crippen LogP contribution in [0, 0.1) is 0 Å². The van der Waals surface area contributed by atoms with Gasteiger partial charge in [0.05, 0.1) is 11.1 Å². The monoisotopic (exact) mass is 453 g/mol. The van der Waals surface area contributed by atoms with E-state index in [9.17, 15) is 19.2 Å². The Labute approximate surface area is 197 Å². The minimum Gasteiger partial charge on any atom is -0.319 e. The van der Waals surface area contributed by atoms with Crippen molar-refractivity contribution < 1.29 is 19.2 Å². The average molecular weight is 453 g/mol. The summed E-state index contributed by atoms with van der Waals surface area (Å²) >= 11 is 0.